The first-order valence-electron chi connectivity index (χ1n) is 12.6. The molecule has 2 amide bonds. The van der Waals surface area contributed by atoms with Crippen molar-refractivity contribution >= 4 is 33.8 Å². The highest BCUT2D eigenvalue weighted by Gasteiger charge is 2.33. The number of ether oxygens (including phenoxy) is 1. The monoisotopic (exact) mass is 517 g/mol. The third kappa shape index (κ3) is 5.06. The molecule has 0 aliphatic carbocycles. The first-order chi connectivity index (χ1) is 18.3. The molecule has 1 aliphatic rings. The largest absolute Gasteiger partial charge is 0.488 e. The van der Waals surface area contributed by atoms with Gasteiger partial charge in [-0.2, -0.15) is 0 Å². The number of carbonyl (C=O) groups excluding carboxylic acids is 2. The Kier molecular flexibility index (Phi) is 7.04. The molecule has 2 aromatic carbocycles. The van der Waals surface area contributed by atoms with Crippen LogP contribution in [0.1, 0.15) is 37.2 Å². The summed E-state index contributed by atoms with van der Waals surface area (Å²) in [6.45, 7) is 4.54. The molecule has 3 heterocycles. The molecule has 0 radical (unpaired) electrons. The number of para-hydroxylation sites is 2. The summed E-state index contributed by atoms with van der Waals surface area (Å²) in [6.07, 6.45) is 2.57. The lowest BCUT2D eigenvalue weighted by Crippen LogP contribution is -2.54. The number of hydrogen-bond donors (Lipinski definition) is 2. The topological polar surface area (TPSA) is 117 Å². The summed E-state index contributed by atoms with van der Waals surface area (Å²) in [5.74, 6) is -0.983. The van der Waals surface area contributed by atoms with E-state index in [4.69, 9.17) is 4.74 Å². The predicted octanol–water partition coefficient (Wildman–Crippen LogP) is 3.43. The number of nitrogens with one attached hydrogen (secondary N) is 2. The molecular formula is C28H28FN5O4. The van der Waals surface area contributed by atoms with Crippen LogP contribution in [0.2, 0.25) is 0 Å². The SMILES string of the molecule is CC(C)[C@H](NC(=O)c1nc2ccccc2[nH]c1=O)C(=O)N1CCC(Oc2ccc(F)c3cccnc23)CC1. The first-order valence-corrected chi connectivity index (χ1v) is 12.6. The Hall–Kier alpha value is -4.34. The average molecular weight is 518 g/mol. The van der Waals surface area contributed by atoms with Crippen LogP contribution in [-0.2, 0) is 4.79 Å². The lowest BCUT2D eigenvalue weighted by Gasteiger charge is -2.35. The van der Waals surface area contributed by atoms with E-state index in [1.54, 1.807) is 53.6 Å². The van der Waals surface area contributed by atoms with E-state index in [0.29, 0.717) is 53.6 Å². The van der Waals surface area contributed by atoms with Gasteiger partial charge in [-0.25, -0.2) is 9.37 Å². The maximum absolute atomic E-state index is 14.1. The maximum Gasteiger partial charge on any atom is 0.280 e. The fourth-order valence-electron chi connectivity index (χ4n) is 4.68. The zero-order valence-corrected chi connectivity index (χ0v) is 21.1. The van der Waals surface area contributed by atoms with Crippen LogP contribution in [0.4, 0.5) is 4.39 Å². The number of rotatable bonds is 6. The van der Waals surface area contributed by atoms with E-state index < -0.39 is 17.5 Å². The second-order valence-corrected chi connectivity index (χ2v) is 9.71. The van der Waals surface area contributed by atoms with E-state index in [0.717, 1.165) is 0 Å². The molecule has 2 N–H and O–H groups in total. The van der Waals surface area contributed by atoms with Gasteiger partial charge >= 0.3 is 0 Å². The molecule has 0 bridgehead atoms. The van der Waals surface area contributed by atoms with Crippen molar-refractivity contribution in [1.29, 1.82) is 0 Å². The Morgan fingerprint density at radius 1 is 1.11 bits per heavy atom. The van der Waals surface area contributed by atoms with Crippen molar-refractivity contribution in [2.75, 3.05) is 13.1 Å². The molecule has 10 heteroatoms. The van der Waals surface area contributed by atoms with Gasteiger partial charge in [0.05, 0.1) is 11.0 Å². The van der Waals surface area contributed by atoms with Crippen LogP contribution in [0.15, 0.2) is 59.5 Å². The van der Waals surface area contributed by atoms with Crippen molar-refractivity contribution in [3.63, 3.8) is 0 Å². The van der Waals surface area contributed by atoms with Crippen LogP contribution in [0.3, 0.4) is 0 Å². The van der Waals surface area contributed by atoms with Crippen LogP contribution in [0.5, 0.6) is 5.75 Å². The summed E-state index contributed by atoms with van der Waals surface area (Å²) >= 11 is 0. The number of likely N-dealkylation sites (tertiary alicyclic amines) is 1. The van der Waals surface area contributed by atoms with Crippen LogP contribution in [-0.4, -0.2) is 56.9 Å². The number of halogens is 1. The van der Waals surface area contributed by atoms with E-state index in [1.807, 2.05) is 13.8 Å². The minimum absolute atomic E-state index is 0.165. The molecule has 1 saturated heterocycles. The van der Waals surface area contributed by atoms with E-state index in [-0.39, 0.29) is 29.4 Å². The number of fused-ring (bicyclic) bond motifs is 2. The Labute approximate surface area is 218 Å². The number of aromatic amines is 1. The van der Waals surface area contributed by atoms with Crippen molar-refractivity contribution in [3.05, 3.63) is 76.6 Å². The molecule has 0 spiro atoms. The highest BCUT2D eigenvalue weighted by atomic mass is 19.1. The van der Waals surface area contributed by atoms with Gasteiger partial charge in [0.25, 0.3) is 11.5 Å². The average Bonchev–Trinajstić information content (AvgIpc) is 2.92. The third-order valence-corrected chi connectivity index (χ3v) is 6.76. The van der Waals surface area contributed by atoms with Crippen LogP contribution < -0.4 is 15.6 Å². The molecule has 5 rings (SSSR count). The number of pyridine rings is 1. The van der Waals surface area contributed by atoms with E-state index in [2.05, 4.69) is 20.3 Å². The van der Waals surface area contributed by atoms with Crippen LogP contribution in [0, 0.1) is 11.7 Å². The zero-order chi connectivity index (χ0) is 26.8. The number of nitrogens with zero attached hydrogens (tertiary/aromatic N) is 3. The number of benzene rings is 2. The Morgan fingerprint density at radius 2 is 1.87 bits per heavy atom. The predicted molar refractivity (Wildman–Crippen MR) is 140 cm³/mol. The summed E-state index contributed by atoms with van der Waals surface area (Å²) in [5.41, 5.74) is 0.577. The van der Waals surface area contributed by atoms with Gasteiger partial charge in [0.15, 0.2) is 5.69 Å². The molecule has 0 unspecified atom stereocenters. The second-order valence-electron chi connectivity index (χ2n) is 9.71. The highest BCUT2D eigenvalue weighted by Crippen LogP contribution is 2.28. The van der Waals surface area contributed by atoms with Gasteiger partial charge in [-0.15, -0.1) is 0 Å². The molecule has 1 aliphatic heterocycles. The highest BCUT2D eigenvalue weighted by molar-refractivity contribution is 5.97. The number of piperidine rings is 1. The van der Waals surface area contributed by atoms with Crippen LogP contribution in [0.25, 0.3) is 21.9 Å². The standard InChI is InChI=1S/C28H28FN5O4/c1-16(2)23(33-27(36)25-26(35)32-21-8-4-3-7-20(21)31-25)28(37)34-14-11-17(12-15-34)38-22-10-9-19(29)18-6-5-13-30-24(18)22/h3-10,13,16-17,23H,11-12,14-15H2,1-2H3,(H,32,35)(H,33,36)/t23-/m0/s1. The first kappa shape index (κ1) is 25.3. The van der Waals surface area contributed by atoms with Gasteiger partial charge in [0.2, 0.25) is 5.91 Å². The summed E-state index contributed by atoms with van der Waals surface area (Å²) in [6, 6.07) is 12.4. The summed E-state index contributed by atoms with van der Waals surface area (Å²) in [5, 5.41) is 3.12. The van der Waals surface area contributed by atoms with E-state index in [1.165, 1.54) is 6.07 Å². The minimum atomic E-state index is -0.821. The fourth-order valence-corrected chi connectivity index (χ4v) is 4.68. The molecule has 9 nitrogen and oxygen atoms in total. The smallest absolute Gasteiger partial charge is 0.280 e. The van der Waals surface area contributed by atoms with Crippen molar-refractivity contribution in [2.24, 2.45) is 5.92 Å². The third-order valence-electron chi connectivity index (χ3n) is 6.76. The number of carbonyl (C=O) groups is 2. The number of amides is 2. The molecule has 196 valence electrons. The van der Waals surface area contributed by atoms with Crippen molar-refractivity contribution in [3.8, 4) is 5.75 Å². The zero-order valence-electron chi connectivity index (χ0n) is 21.1. The van der Waals surface area contributed by atoms with Gasteiger partial charge < -0.3 is 19.9 Å². The molecule has 0 saturated carbocycles. The molecule has 4 aromatic rings. The van der Waals surface area contributed by atoms with E-state index >= 15 is 0 Å². The van der Waals surface area contributed by atoms with Crippen molar-refractivity contribution in [1.82, 2.24) is 25.2 Å². The van der Waals surface area contributed by atoms with E-state index in [9.17, 15) is 18.8 Å². The van der Waals surface area contributed by atoms with Crippen LogP contribution >= 0.6 is 0 Å². The normalized spacial score (nSPS) is 15.1. The second kappa shape index (κ2) is 10.6. The quantitative estimate of drug-likeness (QED) is 0.405. The number of H-pyrrole nitrogens is 1. The summed E-state index contributed by atoms with van der Waals surface area (Å²) < 4.78 is 20.3. The van der Waals surface area contributed by atoms with Crippen molar-refractivity contribution < 1.29 is 18.7 Å². The lowest BCUT2D eigenvalue weighted by molar-refractivity contribution is -0.136. The summed E-state index contributed by atoms with van der Waals surface area (Å²) in [4.78, 5) is 51.7. The van der Waals surface area contributed by atoms with Gasteiger partial charge in [0.1, 0.15) is 29.2 Å². The summed E-state index contributed by atoms with van der Waals surface area (Å²) in [7, 11) is 0. The Morgan fingerprint density at radius 3 is 2.63 bits per heavy atom. The van der Waals surface area contributed by atoms with Gasteiger partial charge in [-0.05, 0) is 42.3 Å². The molecule has 2 aromatic heterocycles. The van der Waals surface area contributed by atoms with Crippen molar-refractivity contribution in [2.45, 2.75) is 38.8 Å². The van der Waals surface area contributed by atoms with Gasteiger partial charge in [-0.3, -0.25) is 19.4 Å². The molecule has 1 atom stereocenters. The molecule has 38 heavy (non-hydrogen) atoms. The Bertz CT molecular complexity index is 1560. The molecule has 1 fully saturated rings. The van der Waals surface area contributed by atoms with Gasteiger partial charge in [0, 0.05) is 37.5 Å². The number of aromatic nitrogens is 3. The maximum atomic E-state index is 14.1. The number of hydrogen-bond acceptors (Lipinski definition) is 6. The fraction of sp³-hybridized carbons (Fsp3) is 0.321. The van der Waals surface area contributed by atoms with Gasteiger partial charge in [-0.1, -0.05) is 26.0 Å². The Balaban J connectivity index is 1.24. The minimum Gasteiger partial charge on any atom is -0.488 e. The molecular weight excluding hydrogens is 489 g/mol. The lowest BCUT2D eigenvalue weighted by atomic mass is 10.00.